The van der Waals surface area contributed by atoms with Crippen LogP contribution in [0.3, 0.4) is 0 Å². The maximum absolute atomic E-state index is 2.60. The second-order valence-corrected chi connectivity index (χ2v) is 1.12. The van der Waals surface area contributed by atoms with Gasteiger partial charge in [0.1, 0.15) is 7.28 Å². The third kappa shape index (κ3) is 2.49. The van der Waals surface area contributed by atoms with Crippen LogP contribution in [0.15, 0.2) is 0 Å². The highest BCUT2D eigenvalue weighted by molar-refractivity contribution is 7.20. The molecule has 0 fully saturated rings. The van der Waals surface area contributed by atoms with Crippen molar-refractivity contribution < 1.29 is 0 Å². The van der Waals surface area contributed by atoms with E-state index >= 15 is 0 Å². The lowest BCUT2D eigenvalue weighted by Gasteiger charge is -1.64. The molecule has 0 aromatic heterocycles. The van der Waals surface area contributed by atoms with E-state index in [2.05, 4.69) is 16.5 Å². The van der Waals surface area contributed by atoms with Crippen molar-refractivity contribution in [2.45, 2.75) is 6.82 Å². The summed E-state index contributed by atoms with van der Waals surface area (Å²) in [6, 6.07) is 1.11. The SMILES string of the molecule is C[B]CP. The first-order chi connectivity index (χ1) is 1.91. The summed E-state index contributed by atoms with van der Waals surface area (Å²) >= 11 is 0. The van der Waals surface area contributed by atoms with Crippen LogP contribution >= 0.6 is 9.24 Å². The number of rotatable bonds is 1. The standard InChI is InChI=1S/C2H7BP/c1-3-2-4/h2,4H2,1H3. The molecule has 4 heavy (non-hydrogen) atoms. The highest BCUT2D eigenvalue weighted by Gasteiger charge is 1.61. The van der Waals surface area contributed by atoms with Crippen LogP contribution in [-0.4, -0.2) is 13.3 Å². The van der Waals surface area contributed by atoms with Crippen LogP contribution in [0, 0.1) is 0 Å². The van der Waals surface area contributed by atoms with E-state index in [1.165, 1.54) is 0 Å². The van der Waals surface area contributed by atoms with Crippen molar-refractivity contribution in [1.29, 1.82) is 0 Å². The van der Waals surface area contributed by atoms with Gasteiger partial charge in [0.05, 0.1) is 0 Å². The maximum atomic E-state index is 2.60. The number of hydrogen-bond donors (Lipinski definition) is 0. The minimum atomic E-state index is 1.11. The van der Waals surface area contributed by atoms with Crippen molar-refractivity contribution in [2.75, 3.05) is 6.06 Å². The summed E-state index contributed by atoms with van der Waals surface area (Å²) < 4.78 is 0. The van der Waals surface area contributed by atoms with Crippen LogP contribution in [0.5, 0.6) is 0 Å². The fourth-order valence-corrected chi connectivity index (χ4v) is 0. The molecule has 0 nitrogen and oxygen atoms in total. The molecular weight excluding hydrogens is 65.8 g/mol. The summed E-state index contributed by atoms with van der Waals surface area (Å²) in [6.07, 6.45) is 0. The molecule has 0 rings (SSSR count). The Bertz CT molecular complexity index is 8.00. The van der Waals surface area contributed by atoms with Crippen LogP contribution in [-0.2, 0) is 0 Å². The van der Waals surface area contributed by atoms with Crippen molar-refractivity contribution in [3.8, 4) is 0 Å². The van der Waals surface area contributed by atoms with Gasteiger partial charge in [-0.15, -0.1) is 9.24 Å². The lowest BCUT2D eigenvalue weighted by atomic mass is 9.87. The van der Waals surface area contributed by atoms with E-state index in [0.717, 1.165) is 6.06 Å². The molecule has 1 radical (unpaired) electrons. The van der Waals surface area contributed by atoms with Crippen LogP contribution < -0.4 is 0 Å². The lowest BCUT2D eigenvalue weighted by molar-refractivity contribution is 2.07. The molecule has 0 aliphatic rings. The molecule has 0 amide bonds. The Balaban J connectivity index is 1.97. The molecule has 0 aliphatic carbocycles. The first kappa shape index (κ1) is 4.49. The van der Waals surface area contributed by atoms with Gasteiger partial charge >= 0.3 is 0 Å². The van der Waals surface area contributed by atoms with E-state index in [-0.39, 0.29) is 0 Å². The van der Waals surface area contributed by atoms with Gasteiger partial charge in [0.15, 0.2) is 0 Å². The average molecular weight is 72.9 g/mol. The Kier molecular flexibility index (Phi) is 3.93. The predicted molar refractivity (Wildman–Crippen MR) is 26.2 cm³/mol. The van der Waals surface area contributed by atoms with Crippen LogP contribution in [0.2, 0.25) is 6.82 Å². The topological polar surface area (TPSA) is 0 Å². The Morgan fingerprint density at radius 3 is 2.25 bits per heavy atom. The van der Waals surface area contributed by atoms with Crippen LogP contribution in [0.4, 0.5) is 0 Å². The van der Waals surface area contributed by atoms with Gasteiger partial charge in [-0.1, -0.05) is 12.9 Å². The summed E-state index contributed by atoms with van der Waals surface area (Å²) in [5.74, 6) is 0. The molecule has 1 atom stereocenters. The molecule has 0 aromatic carbocycles. The average Bonchev–Trinajstić information content (AvgIpc) is 1.37. The third-order valence-electron chi connectivity index (χ3n) is 0.236. The van der Waals surface area contributed by atoms with E-state index < -0.39 is 0 Å². The zero-order valence-electron chi connectivity index (χ0n) is 2.86. The van der Waals surface area contributed by atoms with Crippen molar-refractivity contribution in [3.63, 3.8) is 0 Å². The molecule has 0 N–H and O–H groups in total. The zero-order chi connectivity index (χ0) is 3.41. The Morgan fingerprint density at radius 1 is 2.00 bits per heavy atom. The predicted octanol–water partition coefficient (Wildman–Crippen LogP) is 0.571. The van der Waals surface area contributed by atoms with Gasteiger partial charge in [-0.2, -0.15) is 0 Å². The minimum absolute atomic E-state index is 1.11. The fraction of sp³-hybridized carbons (Fsp3) is 1.00. The van der Waals surface area contributed by atoms with E-state index in [1.54, 1.807) is 0 Å². The van der Waals surface area contributed by atoms with Gasteiger partial charge in [-0.05, 0) is 0 Å². The third-order valence-corrected chi connectivity index (χ3v) is 0.707. The summed E-state index contributed by atoms with van der Waals surface area (Å²) in [5, 5.41) is 0. The summed E-state index contributed by atoms with van der Waals surface area (Å²) in [5.41, 5.74) is 0. The van der Waals surface area contributed by atoms with E-state index in [4.69, 9.17) is 0 Å². The lowest BCUT2D eigenvalue weighted by Crippen LogP contribution is -1.75. The second kappa shape index (κ2) is 3.49. The summed E-state index contributed by atoms with van der Waals surface area (Å²) in [7, 11) is 4.69. The molecule has 0 bridgehead atoms. The van der Waals surface area contributed by atoms with Gasteiger partial charge in [-0.3, -0.25) is 0 Å². The Morgan fingerprint density at radius 2 is 2.25 bits per heavy atom. The van der Waals surface area contributed by atoms with Crippen molar-refractivity contribution in [2.24, 2.45) is 0 Å². The second-order valence-electron chi connectivity index (χ2n) is 0.644. The van der Waals surface area contributed by atoms with Crippen LogP contribution in [0.25, 0.3) is 0 Å². The van der Waals surface area contributed by atoms with Gasteiger partial charge in [0.25, 0.3) is 0 Å². The molecule has 2 heteroatoms. The van der Waals surface area contributed by atoms with E-state index in [0.29, 0.717) is 0 Å². The molecular formula is C2H7BP. The smallest absolute Gasteiger partial charge is 0.110 e. The normalized spacial score (nSPS) is 6.50. The molecule has 0 spiro atoms. The molecule has 0 saturated carbocycles. The van der Waals surface area contributed by atoms with Gasteiger partial charge in [0, 0.05) is 0 Å². The maximum Gasteiger partial charge on any atom is 0.110 e. The monoisotopic (exact) mass is 73.0 g/mol. The molecule has 0 aliphatic heterocycles. The first-order valence-corrected chi connectivity index (χ1v) is 2.21. The van der Waals surface area contributed by atoms with E-state index in [1.807, 2.05) is 6.82 Å². The molecule has 0 heterocycles. The van der Waals surface area contributed by atoms with Crippen molar-refractivity contribution >= 4 is 16.5 Å². The van der Waals surface area contributed by atoms with Gasteiger partial charge in [0.2, 0.25) is 0 Å². The largest absolute Gasteiger partial charge is 0.146 e. The molecule has 0 aromatic rings. The molecule has 23 valence electrons. The van der Waals surface area contributed by atoms with Gasteiger partial charge < -0.3 is 0 Å². The minimum Gasteiger partial charge on any atom is -0.146 e. The van der Waals surface area contributed by atoms with E-state index in [9.17, 15) is 0 Å². The Hall–Kier alpha value is 0.495. The Labute approximate surface area is 30.4 Å². The van der Waals surface area contributed by atoms with Crippen molar-refractivity contribution in [3.05, 3.63) is 0 Å². The highest BCUT2D eigenvalue weighted by atomic mass is 31.0. The highest BCUT2D eigenvalue weighted by Crippen LogP contribution is 1.70. The molecule has 0 saturated heterocycles. The quantitative estimate of drug-likeness (QED) is 0.314. The molecule has 1 unspecified atom stereocenters. The van der Waals surface area contributed by atoms with Crippen LogP contribution in [0.1, 0.15) is 0 Å². The summed E-state index contributed by atoms with van der Waals surface area (Å²) in [4.78, 5) is 0. The zero-order valence-corrected chi connectivity index (χ0v) is 4.02. The van der Waals surface area contributed by atoms with Crippen molar-refractivity contribution in [1.82, 2.24) is 0 Å². The first-order valence-electron chi connectivity index (χ1n) is 1.39. The number of hydrogen-bond acceptors (Lipinski definition) is 0. The summed E-state index contributed by atoms with van der Waals surface area (Å²) in [6.45, 7) is 2.03. The fourth-order valence-electron chi connectivity index (χ4n) is 0. The van der Waals surface area contributed by atoms with Gasteiger partial charge in [-0.25, -0.2) is 0 Å².